The normalized spacial score (nSPS) is 13.7. The van der Waals surface area contributed by atoms with Gasteiger partial charge in [0.2, 0.25) is 0 Å². The maximum Gasteiger partial charge on any atom is 0.411 e. The van der Waals surface area contributed by atoms with Crippen LogP contribution in [0.25, 0.3) is 0 Å². The largest absolute Gasteiger partial charge is 0.411 e. The number of aliphatic hydroxyl groups is 1. The third kappa shape index (κ3) is 5.32. The molecule has 0 heterocycles. The van der Waals surface area contributed by atoms with Gasteiger partial charge in [-0.05, 0) is 18.2 Å². The summed E-state index contributed by atoms with van der Waals surface area (Å²) in [7, 11) is 0. The van der Waals surface area contributed by atoms with E-state index in [-0.39, 0.29) is 18.6 Å². The maximum absolute atomic E-state index is 13.3. The minimum absolute atomic E-state index is 0.0278. The minimum atomic E-state index is -4.40. The summed E-state index contributed by atoms with van der Waals surface area (Å²) in [5.74, 6) is -0.610. The maximum atomic E-state index is 13.3. The molecular formula is C11H11BrF4O2. The SMILES string of the molecule is OC(CCOCC(F)(F)F)c1cc(Br)ccc1F. The summed E-state index contributed by atoms with van der Waals surface area (Å²) in [6.45, 7) is -1.67. The second kappa shape index (κ2) is 6.49. The summed E-state index contributed by atoms with van der Waals surface area (Å²) in [5.41, 5.74) is 0.0278. The van der Waals surface area contributed by atoms with Gasteiger partial charge in [0.25, 0.3) is 0 Å². The molecule has 0 amide bonds. The fourth-order valence-corrected chi connectivity index (χ4v) is 1.69. The first kappa shape index (κ1) is 15.4. The van der Waals surface area contributed by atoms with Gasteiger partial charge >= 0.3 is 6.18 Å². The van der Waals surface area contributed by atoms with Gasteiger partial charge in [-0.1, -0.05) is 15.9 Å². The first-order valence-electron chi connectivity index (χ1n) is 5.07. The molecule has 0 spiro atoms. The summed E-state index contributed by atoms with van der Waals surface area (Å²) in [5, 5.41) is 9.63. The van der Waals surface area contributed by atoms with Crippen LogP contribution in [0.1, 0.15) is 18.1 Å². The van der Waals surface area contributed by atoms with Crippen LogP contribution in [0.2, 0.25) is 0 Å². The van der Waals surface area contributed by atoms with E-state index in [2.05, 4.69) is 20.7 Å². The first-order chi connectivity index (χ1) is 8.29. The van der Waals surface area contributed by atoms with Crippen molar-refractivity contribution in [1.29, 1.82) is 0 Å². The van der Waals surface area contributed by atoms with Crippen molar-refractivity contribution in [3.63, 3.8) is 0 Å². The third-order valence-corrected chi connectivity index (χ3v) is 2.61. The van der Waals surface area contributed by atoms with Gasteiger partial charge in [0.05, 0.1) is 6.10 Å². The summed E-state index contributed by atoms with van der Waals surface area (Å²) in [4.78, 5) is 0. The van der Waals surface area contributed by atoms with Gasteiger partial charge in [-0.25, -0.2) is 4.39 Å². The van der Waals surface area contributed by atoms with Crippen LogP contribution in [0.3, 0.4) is 0 Å². The zero-order valence-corrected chi connectivity index (χ0v) is 10.8. The summed E-state index contributed by atoms with van der Waals surface area (Å²) in [6, 6.07) is 4.01. The average Bonchev–Trinajstić information content (AvgIpc) is 2.26. The molecule has 0 fully saturated rings. The fraction of sp³-hybridized carbons (Fsp3) is 0.455. The van der Waals surface area contributed by atoms with Gasteiger partial charge in [0.1, 0.15) is 12.4 Å². The van der Waals surface area contributed by atoms with E-state index in [1.807, 2.05) is 0 Å². The smallest absolute Gasteiger partial charge is 0.388 e. The van der Waals surface area contributed by atoms with Gasteiger partial charge in [0.15, 0.2) is 0 Å². The van der Waals surface area contributed by atoms with Crippen LogP contribution in [0.4, 0.5) is 17.6 Å². The molecule has 0 saturated carbocycles. The Morgan fingerprint density at radius 2 is 2.00 bits per heavy atom. The van der Waals surface area contributed by atoms with Crippen molar-refractivity contribution >= 4 is 15.9 Å². The molecule has 0 bridgehead atoms. The van der Waals surface area contributed by atoms with Crippen molar-refractivity contribution in [2.75, 3.05) is 13.2 Å². The fourth-order valence-electron chi connectivity index (χ4n) is 1.31. The lowest BCUT2D eigenvalue weighted by molar-refractivity contribution is -0.175. The highest BCUT2D eigenvalue weighted by atomic mass is 79.9. The lowest BCUT2D eigenvalue weighted by Gasteiger charge is -2.13. The zero-order valence-electron chi connectivity index (χ0n) is 9.18. The van der Waals surface area contributed by atoms with E-state index in [0.717, 1.165) is 0 Å². The number of hydrogen-bond donors (Lipinski definition) is 1. The van der Waals surface area contributed by atoms with Crippen molar-refractivity contribution < 1.29 is 27.4 Å². The number of halogens is 5. The Bertz CT molecular complexity index is 395. The second-order valence-corrected chi connectivity index (χ2v) is 4.55. The van der Waals surface area contributed by atoms with E-state index in [1.165, 1.54) is 18.2 Å². The van der Waals surface area contributed by atoms with Crippen LogP contribution in [0.15, 0.2) is 22.7 Å². The molecule has 18 heavy (non-hydrogen) atoms. The quantitative estimate of drug-likeness (QED) is 0.660. The summed E-state index contributed by atoms with van der Waals surface area (Å²) in [6.07, 6.45) is -5.70. The number of rotatable bonds is 5. The van der Waals surface area contributed by atoms with Gasteiger partial charge in [0, 0.05) is 23.1 Å². The Labute approximate surface area is 110 Å². The predicted octanol–water partition coefficient (Wildman–Crippen LogP) is 3.59. The third-order valence-electron chi connectivity index (χ3n) is 2.12. The Balaban J connectivity index is 2.45. The molecule has 1 aromatic rings. The van der Waals surface area contributed by atoms with Crippen LogP contribution in [-0.4, -0.2) is 24.5 Å². The zero-order chi connectivity index (χ0) is 13.8. The molecule has 7 heteroatoms. The monoisotopic (exact) mass is 330 g/mol. The molecule has 0 aliphatic rings. The van der Waals surface area contributed by atoms with Gasteiger partial charge in [-0.3, -0.25) is 0 Å². The number of benzene rings is 1. The van der Waals surface area contributed by atoms with E-state index >= 15 is 0 Å². The van der Waals surface area contributed by atoms with Gasteiger partial charge in [-0.15, -0.1) is 0 Å². The molecule has 1 N–H and O–H groups in total. The van der Waals surface area contributed by atoms with Crippen molar-refractivity contribution in [3.05, 3.63) is 34.1 Å². The van der Waals surface area contributed by atoms with Crippen LogP contribution in [-0.2, 0) is 4.74 Å². The molecule has 0 aromatic heterocycles. The van der Waals surface area contributed by atoms with Crippen LogP contribution < -0.4 is 0 Å². The van der Waals surface area contributed by atoms with Crippen LogP contribution in [0, 0.1) is 5.82 Å². The average molecular weight is 331 g/mol. The van der Waals surface area contributed by atoms with Crippen molar-refractivity contribution in [3.8, 4) is 0 Å². The molecule has 1 unspecified atom stereocenters. The van der Waals surface area contributed by atoms with Gasteiger partial charge < -0.3 is 9.84 Å². The standard InChI is InChI=1S/C11H11BrF4O2/c12-7-1-2-9(13)8(5-7)10(17)3-4-18-6-11(14,15)16/h1-2,5,10,17H,3-4,6H2. The molecule has 102 valence electrons. The molecule has 0 radical (unpaired) electrons. The molecule has 1 atom stereocenters. The number of aliphatic hydroxyl groups excluding tert-OH is 1. The Hall–Kier alpha value is -0.660. The highest BCUT2D eigenvalue weighted by Gasteiger charge is 2.27. The van der Waals surface area contributed by atoms with E-state index in [1.54, 1.807) is 0 Å². The minimum Gasteiger partial charge on any atom is -0.388 e. The molecule has 1 aromatic carbocycles. The molecule has 0 aliphatic carbocycles. The first-order valence-corrected chi connectivity index (χ1v) is 5.86. The molecular weight excluding hydrogens is 320 g/mol. The topological polar surface area (TPSA) is 29.5 Å². The number of alkyl halides is 3. The van der Waals surface area contributed by atoms with Crippen molar-refractivity contribution in [1.82, 2.24) is 0 Å². The Kier molecular flexibility index (Phi) is 5.55. The van der Waals surface area contributed by atoms with E-state index in [4.69, 9.17) is 0 Å². The van der Waals surface area contributed by atoms with Crippen molar-refractivity contribution in [2.45, 2.75) is 18.7 Å². The van der Waals surface area contributed by atoms with E-state index in [0.29, 0.717) is 4.47 Å². The number of ether oxygens (including phenoxy) is 1. The molecule has 2 nitrogen and oxygen atoms in total. The summed E-state index contributed by atoms with van der Waals surface area (Å²) >= 11 is 3.11. The Morgan fingerprint density at radius 3 is 2.61 bits per heavy atom. The lowest BCUT2D eigenvalue weighted by Crippen LogP contribution is -2.18. The highest BCUT2D eigenvalue weighted by molar-refractivity contribution is 9.10. The van der Waals surface area contributed by atoms with Gasteiger partial charge in [-0.2, -0.15) is 13.2 Å². The Morgan fingerprint density at radius 1 is 1.33 bits per heavy atom. The molecule has 0 saturated heterocycles. The van der Waals surface area contributed by atoms with Crippen LogP contribution >= 0.6 is 15.9 Å². The van der Waals surface area contributed by atoms with E-state index < -0.39 is 24.7 Å². The van der Waals surface area contributed by atoms with Crippen molar-refractivity contribution in [2.24, 2.45) is 0 Å². The highest BCUT2D eigenvalue weighted by Crippen LogP contribution is 2.24. The van der Waals surface area contributed by atoms with Crippen LogP contribution in [0.5, 0.6) is 0 Å². The number of hydrogen-bond acceptors (Lipinski definition) is 2. The molecule has 0 aliphatic heterocycles. The lowest BCUT2D eigenvalue weighted by atomic mass is 10.1. The summed E-state index contributed by atoms with van der Waals surface area (Å²) < 4.78 is 53.5. The van der Waals surface area contributed by atoms with E-state index in [9.17, 15) is 22.7 Å². The molecule has 1 rings (SSSR count). The second-order valence-electron chi connectivity index (χ2n) is 3.64. The predicted molar refractivity (Wildman–Crippen MR) is 60.6 cm³/mol.